The summed E-state index contributed by atoms with van der Waals surface area (Å²) in [4.78, 5) is 33.0. The first-order chi connectivity index (χ1) is 13.5. The fourth-order valence-corrected chi connectivity index (χ4v) is 3.83. The number of fused-ring (bicyclic) bond motifs is 1. The van der Waals surface area contributed by atoms with Crippen LogP contribution in [0, 0.1) is 0 Å². The standard InChI is InChI=1S/C20H20ClN3O3S/c1-4-10-28-20-23-17-16(18(25)24-20)15(12-6-8-13(21)9-7-12)14(11(3)22-17)19(26)27-5-2/h4,6-9,15H,1,5,10H2,2-3H3,(H2,22,23,24,25)/t15-/m1/s1. The van der Waals surface area contributed by atoms with E-state index in [9.17, 15) is 9.59 Å². The second-order valence-corrected chi connectivity index (χ2v) is 7.55. The molecule has 2 N–H and O–H groups in total. The van der Waals surface area contributed by atoms with Crippen LogP contribution in [0.2, 0.25) is 5.02 Å². The maximum absolute atomic E-state index is 13.0. The molecular formula is C20H20ClN3O3S. The molecule has 1 atom stereocenters. The number of hydrogen-bond acceptors (Lipinski definition) is 6. The van der Waals surface area contributed by atoms with E-state index in [1.807, 2.05) is 0 Å². The summed E-state index contributed by atoms with van der Waals surface area (Å²) in [6, 6.07) is 7.06. The summed E-state index contributed by atoms with van der Waals surface area (Å²) in [5.41, 5.74) is 1.81. The molecule has 8 heteroatoms. The molecule has 6 nitrogen and oxygen atoms in total. The van der Waals surface area contributed by atoms with Crippen molar-refractivity contribution < 1.29 is 9.53 Å². The minimum absolute atomic E-state index is 0.238. The summed E-state index contributed by atoms with van der Waals surface area (Å²) in [7, 11) is 0. The number of benzene rings is 1. The minimum Gasteiger partial charge on any atom is -0.463 e. The highest BCUT2D eigenvalue weighted by Gasteiger charge is 2.36. The average molecular weight is 418 g/mol. The molecule has 0 unspecified atom stereocenters. The van der Waals surface area contributed by atoms with Gasteiger partial charge >= 0.3 is 5.97 Å². The number of anilines is 1. The highest BCUT2D eigenvalue weighted by atomic mass is 35.5. The van der Waals surface area contributed by atoms with Crippen molar-refractivity contribution in [1.29, 1.82) is 0 Å². The summed E-state index contributed by atoms with van der Waals surface area (Å²) in [5.74, 6) is -0.0312. The summed E-state index contributed by atoms with van der Waals surface area (Å²) in [5, 5.41) is 4.15. The van der Waals surface area contributed by atoms with Crippen LogP contribution < -0.4 is 10.9 Å². The van der Waals surface area contributed by atoms with Crippen molar-refractivity contribution in [3.8, 4) is 0 Å². The molecule has 0 radical (unpaired) electrons. The fraction of sp³-hybridized carbons (Fsp3) is 0.250. The maximum atomic E-state index is 13.0. The molecule has 0 saturated heterocycles. The van der Waals surface area contributed by atoms with Gasteiger partial charge in [0.2, 0.25) is 0 Å². The van der Waals surface area contributed by atoms with Crippen molar-refractivity contribution in [2.24, 2.45) is 0 Å². The van der Waals surface area contributed by atoms with Crippen LogP contribution in [0.3, 0.4) is 0 Å². The third-order valence-corrected chi connectivity index (χ3v) is 5.38. The zero-order valence-corrected chi connectivity index (χ0v) is 17.1. The minimum atomic E-state index is -0.609. The van der Waals surface area contributed by atoms with Gasteiger partial charge in [0.25, 0.3) is 5.56 Å². The molecule has 0 amide bonds. The third kappa shape index (κ3) is 4.00. The smallest absolute Gasteiger partial charge is 0.336 e. The molecule has 1 aromatic carbocycles. The van der Waals surface area contributed by atoms with Crippen LogP contribution in [0.4, 0.5) is 5.82 Å². The van der Waals surface area contributed by atoms with Gasteiger partial charge in [0.15, 0.2) is 5.16 Å². The Hall–Kier alpha value is -2.51. The highest BCUT2D eigenvalue weighted by Crippen LogP contribution is 2.40. The second kappa shape index (κ2) is 8.67. The largest absolute Gasteiger partial charge is 0.463 e. The Morgan fingerprint density at radius 3 is 2.75 bits per heavy atom. The van der Waals surface area contributed by atoms with Crippen molar-refractivity contribution in [1.82, 2.24) is 9.97 Å². The molecule has 1 aliphatic rings. The molecule has 1 aliphatic heterocycles. The summed E-state index contributed by atoms with van der Waals surface area (Å²) >= 11 is 7.39. The lowest BCUT2D eigenvalue weighted by molar-refractivity contribution is -0.138. The molecule has 0 spiro atoms. The number of aromatic nitrogens is 2. The molecule has 28 heavy (non-hydrogen) atoms. The zero-order chi connectivity index (χ0) is 20.3. The normalized spacial score (nSPS) is 15.6. The number of hydrogen-bond donors (Lipinski definition) is 2. The number of nitrogens with one attached hydrogen (secondary N) is 2. The van der Waals surface area contributed by atoms with E-state index in [-0.39, 0.29) is 12.2 Å². The van der Waals surface area contributed by atoms with Gasteiger partial charge in [-0.05, 0) is 31.5 Å². The molecule has 0 bridgehead atoms. The zero-order valence-electron chi connectivity index (χ0n) is 15.5. The van der Waals surface area contributed by atoms with Gasteiger partial charge in [-0.3, -0.25) is 4.79 Å². The Morgan fingerprint density at radius 1 is 1.39 bits per heavy atom. The average Bonchev–Trinajstić information content (AvgIpc) is 2.66. The highest BCUT2D eigenvalue weighted by molar-refractivity contribution is 7.99. The Balaban J connectivity index is 2.19. The number of carbonyl (C=O) groups is 1. The predicted octanol–water partition coefficient (Wildman–Crippen LogP) is 4.10. The number of ether oxygens (including phenoxy) is 1. The van der Waals surface area contributed by atoms with Crippen molar-refractivity contribution in [3.63, 3.8) is 0 Å². The number of H-pyrrole nitrogens is 1. The van der Waals surface area contributed by atoms with Gasteiger partial charge in [0.05, 0.1) is 23.7 Å². The maximum Gasteiger partial charge on any atom is 0.336 e. The molecule has 146 valence electrons. The molecule has 0 saturated carbocycles. The van der Waals surface area contributed by atoms with Gasteiger partial charge in [-0.25, -0.2) is 9.78 Å². The van der Waals surface area contributed by atoms with E-state index in [2.05, 4.69) is 21.9 Å². The summed E-state index contributed by atoms with van der Waals surface area (Å²) < 4.78 is 5.25. The van der Waals surface area contributed by atoms with Crippen LogP contribution in [0.1, 0.15) is 30.9 Å². The van der Waals surface area contributed by atoms with E-state index in [1.165, 1.54) is 11.8 Å². The number of halogens is 1. The van der Waals surface area contributed by atoms with Crippen molar-refractivity contribution >= 4 is 35.1 Å². The Labute approximate surface area is 172 Å². The van der Waals surface area contributed by atoms with Crippen molar-refractivity contribution in [3.05, 3.63) is 74.7 Å². The van der Waals surface area contributed by atoms with Crippen LogP contribution in [0.25, 0.3) is 0 Å². The second-order valence-electron chi connectivity index (χ2n) is 6.10. The van der Waals surface area contributed by atoms with Crippen molar-refractivity contribution in [2.45, 2.75) is 24.9 Å². The lowest BCUT2D eigenvalue weighted by atomic mass is 9.82. The lowest BCUT2D eigenvalue weighted by Crippen LogP contribution is -2.31. The van der Waals surface area contributed by atoms with Gasteiger partial charge in [-0.1, -0.05) is 41.6 Å². The van der Waals surface area contributed by atoms with Crippen LogP contribution in [0.15, 0.2) is 58.1 Å². The molecule has 2 heterocycles. The number of nitrogens with zero attached hydrogens (tertiary/aromatic N) is 1. The quantitative estimate of drug-likeness (QED) is 0.318. The van der Waals surface area contributed by atoms with Crippen LogP contribution in [-0.4, -0.2) is 28.3 Å². The molecule has 0 fully saturated rings. The number of aromatic amines is 1. The molecule has 2 aromatic rings. The first-order valence-corrected chi connectivity index (χ1v) is 10.1. The lowest BCUT2D eigenvalue weighted by Gasteiger charge is -2.28. The Morgan fingerprint density at radius 2 is 2.11 bits per heavy atom. The monoisotopic (exact) mass is 417 g/mol. The molecular weight excluding hydrogens is 398 g/mol. The van der Waals surface area contributed by atoms with E-state index >= 15 is 0 Å². The van der Waals surface area contributed by atoms with Crippen LogP contribution in [-0.2, 0) is 9.53 Å². The molecule has 0 aliphatic carbocycles. The Kier molecular flexibility index (Phi) is 6.26. The van der Waals surface area contributed by atoms with Crippen LogP contribution >= 0.6 is 23.4 Å². The Bertz CT molecular complexity index is 999. The van der Waals surface area contributed by atoms with Crippen molar-refractivity contribution in [2.75, 3.05) is 17.7 Å². The fourth-order valence-electron chi connectivity index (χ4n) is 3.11. The van der Waals surface area contributed by atoms with E-state index < -0.39 is 11.9 Å². The van der Waals surface area contributed by atoms with Gasteiger partial charge in [0, 0.05) is 16.5 Å². The van der Waals surface area contributed by atoms with Gasteiger partial charge in [-0.15, -0.1) is 6.58 Å². The van der Waals surface area contributed by atoms with Gasteiger partial charge < -0.3 is 15.0 Å². The number of allylic oxidation sites excluding steroid dienone is 1. The number of rotatable bonds is 6. The predicted molar refractivity (Wildman–Crippen MR) is 112 cm³/mol. The third-order valence-electron chi connectivity index (χ3n) is 4.26. The number of carbonyl (C=O) groups excluding carboxylic acids is 1. The summed E-state index contributed by atoms with van der Waals surface area (Å²) in [6.07, 6.45) is 1.73. The van der Waals surface area contributed by atoms with E-state index in [0.717, 1.165) is 5.56 Å². The van der Waals surface area contributed by atoms with Crippen LogP contribution in [0.5, 0.6) is 0 Å². The van der Waals surface area contributed by atoms with E-state index in [1.54, 1.807) is 44.2 Å². The molecule has 1 aromatic heterocycles. The topological polar surface area (TPSA) is 84.1 Å². The first kappa shape index (κ1) is 20.2. The van der Waals surface area contributed by atoms with Gasteiger partial charge in [-0.2, -0.15) is 0 Å². The molecule has 3 rings (SSSR count). The van der Waals surface area contributed by atoms with E-state index in [4.69, 9.17) is 16.3 Å². The number of thioether (sulfide) groups is 1. The first-order valence-electron chi connectivity index (χ1n) is 8.74. The SMILES string of the molecule is C=CCSc1nc2c(c(=O)[nH]1)[C@H](c1ccc(Cl)cc1)C(C(=O)OCC)=C(C)N2. The van der Waals surface area contributed by atoms with E-state index in [0.29, 0.717) is 38.6 Å². The summed E-state index contributed by atoms with van der Waals surface area (Å²) in [6.45, 7) is 7.43. The number of esters is 1. The van der Waals surface area contributed by atoms with Gasteiger partial charge in [0.1, 0.15) is 5.82 Å².